The fraction of sp³-hybridized carbons (Fsp3) is 0.462. The van der Waals surface area contributed by atoms with Crippen LogP contribution in [0.5, 0.6) is 0 Å². The Labute approximate surface area is 127 Å². The molecule has 0 spiro atoms. The van der Waals surface area contributed by atoms with Crippen molar-refractivity contribution in [1.82, 2.24) is 14.8 Å². The van der Waals surface area contributed by atoms with Crippen LogP contribution in [0.4, 0.5) is 0 Å². The summed E-state index contributed by atoms with van der Waals surface area (Å²) in [5.74, 6) is -0.221. The highest BCUT2D eigenvalue weighted by atomic mass is 35.5. The van der Waals surface area contributed by atoms with Gasteiger partial charge in [0.25, 0.3) is 5.91 Å². The zero-order chi connectivity index (χ0) is 14.7. The lowest BCUT2D eigenvalue weighted by atomic mass is 10.3. The molecule has 20 heavy (non-hydrogen) atoms. The van der Waals surface area contributed by atoms with Gasteiger partial charge in [0.15, 0.2) is 0 Å². The maximum Gasteiger partial charge on any atom is 0.274 e. The summed E-state index contributed by atoms with van der Waals surface area (Å²) < 4.78 is 0. The minimum Gasteiger partial charge on any atom is -0.341 e. The lowest BCUT2D eigenvalue weighted by molar-refractivity contribution is -0.128. The van der Waals surface area contributed by atoms with E-state index in [0.717, 1.165) is 6.42 Å². The van der Waals surface area contributed by atoms with Gasteiger partial charge >= 0.3 is 0 Å². The fourth-order valence-electron chi connectivity index (χ4n) is 2.15. The van der Waals surface area contributed by atoms with Gasteiger partial charge in [-0.2, -0.15) is 0 Å². The number of carbonyl (C=O) groups excluding carboxylic acids is 2. The summed E-state index contributed by atoms with van der Waals surface area (Å²) in [6.07, 6.45) is 0.740. The lowest BCUT2D eigenvalue weighted by Crippen LogP contribution is -2.37. The molecule has 1 aromatic rings. The van der Waals surface area contributed by atoms with Crippen LogP contribution in [0.25, 0.3) is 0 Å². The van der Waals surface area contributed by atoms with Crippen molar-refractivity contribution in [3.8, 4) is 0 Å². The van der Waals surface area contributed by atoms with Crippen LogP contribution in [-0.2, 0) is 4.79 Å². The molecule has 7 heteroatoms. The molecule has 0 aliphatic carbocycles. The molecular formula is C13H15Cl2N3O2. The quantitative estimate of drug-likeness (QED) is 0.746. The molecule has 0 atom stereocenters. The molecule has 0 bridgehead atoms. The summed E-state index contributed by atoms with van der Waals surface area (Å²) in [6.45, 7) is 3.78. The molecule has 0 saturated carbocycles. The zero-order valence-electron chi connectivity index (χ0n) is 11.1. The van der Waals surface area contributed by atoms with Crippen molar-refractivity contribution < 1.29 is 9.59 Å². The van der Waals surface area contributed by atoms with Crippen LogP contribution in [0.2, 0.25) is 10.2 Å². The highest BCUT2D eigenvalue weighted by molar-refractivity contribution is 6.34. The number of amides is 2. The third-order valence-electron chi connectivity index (χ3n) is 3.24. The monoisotopic (exact) mass is 315 g/mol. The molecule has 1 aromatic heterocycles. The van der Waals surface area contributed by atoms with Gasteiger partial charge in [-0.25, -0.2) is 4.98 Å². The van der Waals surface area contributed by atoms with E-state index in [0.29, 0.717) is 26.2 Å². The number of nitrogens with zero attached hydrogens (tertiary/aromatic N) is 3. The minimum absolute atomic E-state index is 0.0261. The molecule has 1 fully saturated rings. The minimum atomic E-state index is -0.247. The Hall–Kier alpha value is -1.33. The topological polar surface area (TPSA) is 53.5 Å². The third kappa shape index (κ3) is 3.41. The van der Waals surface area contributed by atoms with E-state index in [4.69, 9.17) is 23.2 Å². The number of pyridine rings is 1. The summed E-state index contributed by atoms with van der Waals surface area (Å²) >= 11 is 11.8. The summed E-state index contributed by atoms with van der Waals surface area (Å²) in [4.78, 5) is 31.2. The van der Waals surface area contributed by atoms with Crippen molar-refractivity contribution in [2.75, 3.05) is 26.2 Å². The highest BCUT2D eigenvalue weighted by Crippen LogP contribution is 2.19. The molecule has 1 aliphatic rings. The predicted octanol–water partition coefficient (Wildman–Crippen LogP) is 2.08. The number of aromatic nitrogens is 1. The number of halogens is 2. The average Bonchev–Trinajstić information content (AvgIpc) is 2.66. The van der Waals surface area contributed by atoms with Gasteiger partial charge in [0.05, 0.1) is 5.02 Å². The van der Waals surface area contributed by atoms with Crippen molar-refractivity contribution in [3.05, 3.63) is 28.0 Å². The first-order chi connectivity index (χ1) is 9.49. The maximum absolute atomic E-state index is 12.4. The standard InChI is InChI=1S/C13H15Cl2N3O2/c1-9(19)17-5-2-6-18(8-7-17)13(20)12-10(14)3-4-11(15)16-12/h3-4H,2,5-8H2,1H3. The second-order valence-electron chi connectivity index (χ2n) is 4.62. The van der Waals surface area contributed by atoms with Crippen molar-refractivity contribution >= 4 is 35.0 Å². The smallest absolute Gasteiger partial charge is 0.274 e. The van der Waals surface area contributed by atoms with Crippen molar-refractivity contribution in [2.24, 2.45) is 0 Å². The van der Waals surface area contributed by atoms with Crippen LogP contribution in [0.15, 0.2) is 12.1 Å². The van der Waals surface area contributed by atoms with Crippen molar-refractivity contribution in [1.29, 1.82) is 0 Å². The van der Waals surface area contributed by atoms with E-state index < -0.39 is 0 Å². The van der Waals surface area contributed by atoms with Crippen molar-refractivity contribution in [2.45, 2.75) is 13.3 Å². The Morgan fingerprint density at radius 3 is 2.45 bits per heavy atom. The van der Waals surface area contributed by atoms with Crippen LogP contribution in [0, 0.1) is 0 Å². The fourth-order valence-corrected chi connectivity index (χ4v) is 2.49. The van der Waals surface area contributed by atoms with Gasteiger partial charge in [-0.1, -0.05) is 23.2 Å². The van der Waals surface area contributed by atoms with Gasteiger partial charge in [-0.3, -0.25) is 9.59 Å². The van der Waals surface area contributed by atoms with Gasteiger partial charge < -0.3 is 9.80 Å². The largest absolute Gasteiger partial charge is 0.341 e. The molecule has 0 N–H and O–H groups in total. The van der Waals surface area contributed by atoms with E-state index in [1.165, 1.54) is 6.92 Å². The third-order valence-corrected chi connectivity index (χ3v) is 3.76. The summed E-state index contributed by atoms with van der Waals surface area (Å²) in [5, 5.41) is 0.519. The Balaban J connectivity index is 2.13. The van der Waals surface area contributed by atoms with Gasteiger partial charge in [-0.15, -0.1) is 0 Å². The van der Waals surface area contributed by atoms with E-state index in [1.54, 1.807) is 21.9 Å². The summed E-state index contributed by atoms with van der Waals surface area (Å²) in [6, 6.07) is 3.10. The second kappa shape index (κ2) is 6.41. The van der Waals surface area contributed by atoms with Gasteiger partial charge in [0.2, 0.25) is 5.91 Å². The first kappa shape index (κ1) is 15.1. The van der Waals surface area contributed by atoms with E-state index in [9.17, 15) is 9.59 Å². The number of rotatable bonds is 1. The van der Waals surface area contributed by atoms with Crippen LogP contribution in [-0.4, -0.2) is 52.8 Å². The second-order valence-corrected chi connectivity index (χ2v) is 5.41. The first-order valence-electron chi connectivity index (χ1n) is 6.36. The highest BCUT2D eigenvalue weighted by Gasteiger charge is 2.23. The SMILES string of the molecule is CC(=O)N1CCCN(C(=O)c2nc(Cl)ccc2Cl)CC1. The summed E-state index contributed by atoms with van der Waals surface area (Å²) in [5.41, 5.74) is 0.162. The predicted molar refractivity (Wildman–Crippen MR) is 77.0 cm³/mol. The van der Waals surface area contributed by atoms with E-state index in [2.05, 4.69) is 4.98 Å². The van der Waals surface area contributed by atoms with Crippen LogP contribution in [0.1, 0.15) is 23.8 Å². The van der Waals surface area contributed by atoms with E-state index in [-0.39, 0.29) is 27.7 Å². The molecule has 5 nitrogen and oxygen atoms in total. The molecule has 108 valence electrons. The van der Waals surface area contributed by atoms with Gasteiger partial charge in [-0.05, 0) is 18.6 Å². The maximum atomic E-state index is 12.4. The molecule has 0 aromatic carbocycles. The number of hydrogen-bond donors (Lipinski definition) is 0. The normalized spacial score (nSPS) is 15.9. The molecule has 1 aliphatic heterocycles. The molecule has 2 heterocycles. The van der Waals surface area contributed by atoms with Gasteiger partial charge in [0, 0.05) is 33.1 Å². The first-order valence-corrected chi connectivity index (χ1v) is 7.11. The molecule has 2 amide bonds. The van der Waals surface area contributed by atoms with Crippen molar-refractivity contribution in [3.63, 3.8) is 0 Å². The molecule has 0 unspecified atom stereocenters. The van der Waals surface area contributed by atoms with Gasteiger partial charge in [0.1, 0.15) is 10.8 Å². The number of hydrogen-bond acceptors (Lipinski definition) is 3. The van der Waals surface area contributed by atoms with E-state index in [1.807, 2.05) is 0 Å². The van der Waals surface area contributed by atoms with Crippen LogP contribution < -0.4 is 0 Å². The molecule has 2 rings (SSSR count). The molecular weight excluding hydrogens is 301 g/mol. The summed E-state index contributed by atoms with van der Waals surface area (Å²) in [7, 11) is 0. The molecule has 1 saturated heterocycles. The Bertz CT molecular complexity index is 536. The Kier molecular flexibility index (Phi) is 4.83. The van der Waals surface area contributed by atoms with Crippen LogP contribution >= 0.6 is 23.2 Å². The van der Waals surface area contributed by atoms with Crippen LogP contribution in [0.3, 0.4) is 0 Å². The average molecular weight is 316 g/mol. The Morgan fingerprint density at radius 1 is 1.10 bits per heavy atom. The zero-order valence-corrected chi connectivity index (χ0v) is 12.6. The lowest BCUT2D eigenvalue weighted by Gasteiger charge is -2.21. The van der Waals surface area contributed by atoms with E-state index >= 15 is 0 Å². The Morgan fingerprint density at radius 2 is 1.75 bits per heavy atom. The number of carbonyl (C=O) groups is 2. The molecule has 0 radical (unpaired) electrons.